The average molecular weight is 333 g/mol. The van der Waals surface area contributed by atoms with E-state index in [9.17, 15) is 4.39 Å². The van der Waals surface area contributed by atoms with E-state index in [1.54, 1.807) is 13.2 Å². The summed E-state index contributed by atoms with van der Waals surface area (Å²) >= 11 is 0. The number of ether oxygens (including phenoxy) is 2. The summed E-state index contributed by atoms with van der Waals surface area (Å²) in [5, 5.41) is 12.3. The molecular weight excluding hydrogens is 309 g/mol. The van der Waals surface area contributed by atoms with Gasteiger partial charge in [-0.3, -0.25) is 0 Å². The molecule has 0 aliphatic heterocycles. The summed E-state index contributed by atoms with van der Waals surface area (Å²) in [6.07, 6.45) is 0. The van der Waals surface area contributed by atoms with Gasteiger partial charge in [-0.05, 0) is 54.8 Å². The van der Waals surface area contributed by atoms with Gasteiger partial charge >= 0.3 is 0 Å². The Morgan fingerprint density at radius 1 is 1.17 bits per heavy atom. The van der Waals surface area contributed by atoms with Crippen LogP contribution in [0.5, 0.6) is 11.5 Å². The molecule has 0 aromatic heterocycles. The number of methoxy groups -OCH3 is 1. The van der Waals surface area contributed by atoms with Gasteiger partial charge in [0.1, 0.15) is 12.4 Å². The van der Waals surface area contributed by atoms with Crippen molar-refractivity contribution in [1.82, 2.24) is 5.32 Å². The Labute approximate surface area is 142 Å². The van der Waals surface area contributed by atoms with Gasteiger partial charge in [-0.2, -0.15) is 0 Å². The number of aryl methyl sites for hydroxylation is 1. The number of rotatable bonds is 8. The number of halogens is 1. The molecule has 0 aliphatic rings. The molecule has 2 aromatic carbocycles. The summed E-state index contributed by atoms with van der Waals surface area (Å²) in [6.45, 7) is 4.80. The molecule has 0 aliphatic carbocycles. The van der Waals surface area contributed by atoms with Crippen molar-refractivity contribution < 1.29 is 19.0 Å². The van der Waals surface area contributed by atoms with Crippen LogP contribution in [-0.2, 0) is 6.54 Å². The molecule has 2 rings (SSSR count). The normalized spacial score (nSPS) is 12.0. The van der Waals surface area contributed by atoms with Crippen LogP contribution >= 0.6 is 0 Å². The second-order valence-electron chi connectivity index (χ2n) is 5.66. The average Bonchev–Trinajstić information content (AvgIpc) is 2.58. The summed E-state index contributed by atoms with van der Waals surface area (Å²) < 4.78 is 23.9. The van der Waals surface area contributed by atoms with Crippen molar-refractivity contribution in [3.63, 3.8) is 0 Å². The van der Waals surface area contributed by atoms with Crippen molar-refractivity contribution in [2.75, 3.05) is 20.3 Å². The maximum absolute atomic E-state index is 13.2. The minimum Gasteiger partial charge on any atom is -0.493 e. The molecule has 0 radical (unpaired) electrons. The van der Waals surface area contributed by atoms with Crippen molar-refractivity contribution in [3.05, 3.63) is 58.9 Å². The second-order valence-corrected chi connectivity index (χ2v) is 5.66. The Morgan fingerprint density at radius 2 is 1.96 bits per heavy atom. The molecule has 0 saturated heterocycles. The van der Waals surface area contributed by atoms with Crippen molar-refractivity contribution in [2.45, 2.75) is 26.4 Å². The largest absolute Gasteiger partial charge is 0.493 e. The standard InChI is InChI=1S/C19H24FNO3/c1-13-10-17(20)6-4-16(13)12-21-14(2)15-5-7-18(24-9-8-22)19(11-15)23-3/h4-7,10-11,14,21-22H,8-9,12H2,1-3H3. The smallest absolute Gasteiger partial charge is 0.161 e. The summed E-state index contributed by atoms with van der Waals surface area (Å²) in [7, 11) is 1.59. The first-order chi connectivity index (χ1) is 11.5. The van der Waals surface area contributed by atoms with Gasteiger partial charge in [0.25, 0.3) is 0 Å². The Bertz CT molecular complexity index is 676. The van der Waals surface area contributed by atoms with Gasteiger partial charge in [-0.15, -0.1) is 0 Å². The highest BCUT2D eigenvalue weighted by molar-refractivity contribution is 5.43. The number of benzene rings is 2. The van der Waals surface area contributed by atoms with E-state index in [2.05, 4.69) is 12.2 Å². The summed E-state index contributed by atoms with van der Waals surface area (Å²) in [4.78, 5) is 0. The van der Waals surface area contributed by atoms with Crippen LogP contribution in [0.25, 0.3) is 0 Å². The van der Waals surface area contributed by atoms with Crippen LogP contribution in [0.4, 0.5) is 4.39 Å². The Kier molecular flexibility index (Phi) is 6.58. The number of nitrogens with one attached hydrogen (secondary N) is 1. The Hall–Kier alpha value is -2.11. The van der Waals surface area contributed by atoms with Gasteiger partial charge in [0.15, 0.2) is 11.5 Å². The lowest BCUT2D eigenvalue weighted by atomic mass is 10.1. The molecule has 0 amide bonds. The minimum atomic E-state index is -0.215. The molecular formula is C19H24FNO3. The molecule has 0 bridgehead atoms. The third-order valence-electron chi connectivity index (χ3n) is 3.94. The van der Waals surface area contributed by atoms with E-state index in [0.717, 1.165) is 16.7 Å². The van der Waals surface area contributed by atoms with Crippen molar-refractivity contribution in [1.29, 1.82) is 0 Å². The van der Waals surface area contributed by atoms with Gasteiger partial charge in [-0.1, -0.05) is 12.1 Å². The summed E-state index contributed by atoms with van der Waals surface area (Å²) in [5.41, 5.74) is 3.06. The molecule has 1 atom stereocenters. The lowest BCUT2D eigenvalue weighted by Gasteiger charge is -2.18. The Balaban J connectivity index is 2.04. The lowest BCUT2D eigenvalue weighted by molar-refractivity contribution is 0.196. The van der Waals surface area contributed by atoms with E-state index < -0.39 is 0 Å². The molecule has 0 fully saturated rings. The predicted molar refractivity (Wildman–Crippen MR) is 92.0 cm³/mol. The van der Waals surface area contributed by atoms with Crippen LogP contribution in [-0.4, -0.2) is 25.4 Å². The zero-order valence-electron chi connectivity index (χ0n) is 14.3. The highest BCUT2D eigenvalue weighted by atomic mass is 19.1. The van der Waals surface area contributed by atoms with Crippen LogP contribution in [0.1, 0.15) is 29.7 Å². The molecule has 0 heterocycles. The summed E-state index contributed by atoms with van der Waals surface area (Å²) in [6, 6.07) is 10.6. The maximum Gasteiger partial charge on any atom is 0.161 e. The number of aliphatic hydroxyl groups is 1. The van der Waals surface area contributed by atoms with Crippen molar-refractivity contribution >= 4 is 0 Å². The van der Waals surface area contributed by atoms with Gasteiger partial charge in [0.2, 0.25) is 0 Å². The molecule has 5 heteroatoms. The Morgan fingerprint density at radius 3 is 2.62 bits per heavy atom. The van der Waals surface area contributed by atoms with Crippen LogP contribution in [0.2, 0.25) is 0 Å². The van der Waals surface area contributed by atoms with E-state index in [4.69, 9.17) is 14.6 Å². The van der Waals surface area contributed by atoms with Gasteiger partial charge in [0, 0.05) is 12.6 Å². The first-order valence-corrected chi connectivity index (χ1v) is 7.95. The van der Waals surface area contributed by atoms with E-state index in [1.165, 1.54) is 12.1 Å². The SMILES string of the molecule is COc1cc(C(C)NCc2ccc(F)cc2C)ccc1OCCO. The first-order valence-electron chi connectivity index (χ1n) is 7.95. The zero-order valence-corrected chi connectivity index (χ0v) is 14.3. The third-order valence-corrected chi connectivity index (χ3v) is 3.94. The quantitative estimate of drug-likeness (QED) is 0.778. The van der Waals surface area contributed by atoms with E-state index >= 15 is 0 Å². The lowest BCUT2D eigenvalue weighted by Crippen LogP contribution is -2.18. The van der Waals surface area contributed by atoms with Crippen LogP contribution in [0.3, 0.4) is 0 Å². The zero-order chi connectivity index (χ0) is 17.5. The van der Waals surface area contributed by atoms with Crippen LogP contribution in [0, 0.1) is 12.7 Å². The molecule has 2 N–H and O–H groups in total. The summed E-state index contributed by atoms with van der Waals surface area (Å²) in [5.74, 6) is 1.02. The van der Waals surface area contributed by atoms with Crippen molar-refractivity contribution in [3.8, 4) is 11.5 Å². The van der Waals surface area contributed by atoms with Gasteiger partial charge in [-0.25, -0.2) is 4.39 Å². The first kappa shape index (κ1) is 18.2. The highest BCUT2D eigenvalue weighted by Gasteiger charge is 2.11. The fourth-order valence-corrected chi connectivity index (χ4v) is 2.47. The maximum atomic E-state index is 13.2. The molecule has 0 spiro atoms. The minimum absolute atomic E-state index is 0.0418. The highest BCUT2D eigenvalue weighted by Crippen LogP contribution is 2.30. The fourth-order valence-electron chi connectivity index (χ4n) is 2.47. The monoisotopic (exact) mass is 333 g/mol. The van der Waals surface area contributed by atoms with Crippen LogP contribution < -0.4 is 14.8 Å². The van der Waals surface area contributed by atoms with Gasteiger partial charge in [0.05, 0.1) is 13.7 Å². The molecule has 24 heavy (non-hydrogen) atoms. The molecule has 1 unspecified atom stereocenters. The molecule has 0 saturated carbocycles. The predicted octanol–water partition coefficient (Wildman–Crippen LogP) is 3.36. The number of hydrogen-bond donors (Lipinski definition) is 2. The van der Waals surface area contributed by atoms with E-state index in [0.29, 0.717) is 18.0 Å². The third kappa shape index (κ3) is 4.69. The van der Waals surface area contributed by atoms with Crippen LogP contribution in [0.15, 0.2) is 36.4 Å². The van der Waals surface area contributed by atoms with Gasteiger partial charge < -0.3 is 19.9 Å². The van der Waals surface area contributed by atoms with Crippen molar-refractivity contribution in [2.24, 2.45) is 0 Å². The molecule has 2 aromatic rings. The van der Waals surface area contributed by atoms with E-state index in [1.807, 2.05) is 25.1 Å². The van der Waals surface area contributed by atoms with E-state index in [-0.39, 0.29) is 25.1 Å². The topological polar surface area (TPSA) is 50.7 Å². The fraction of sp³-hybridized carbons (Fsp3) is 0.368. The second kappa shape index (κ2) is 8.66. The molecule has 130 valence electrons. The molecule has 4 nitrogen and oxygen atoms in total. The number of hydrogen-bond acceptors (Lipinski definition) is 4. The number of aliphatic hydroxyl groups excluding tert-OH is 1.